The van der Waals surface area contributed by atoms with E-state index in [-0.39, 0.29) is 11.5 Å². The van der Waals surface area contributed by atoms with Crippen molar-refractivity contribution in [1.29, 1.82) is 0 Å². The lowest BCUT2D eigenvalue weighted by Gasteiger charge is -2.19. The van der Waals surface area contributed by atoms with Crippen LogP contribution in [0.1, 0.15) is 35.3 Å². The molecule has 0 bridgehead atoms. The molecule has 0 fully saturated rings. The third-order valence-corrected chi connectivity index (χ3v) is 3.18. The molecule has 2 rings (SSSR count). The molecule has 1 aromatic rings. The van der Waals surface area contributed by atoms with Gasteiger partial charge < -0.3 is 15.2 Å². The van der Waals surface area contributed by atoms with Crippen LogP contribution in [0.5, 0.6) is 0 Å². The van der Waals surface area contributed by atoms with Crippen LogP contribution in [0.25, 0.3) is 0 Å². The number of aromatic nitrogens is 1. The highest BCUT2D eigenvalue weighted by atomic mass is 16.2. The number of aromatic amines is 1. The molecule has 5 heteroatoms. The highest BCUT2D eigenvalue weighted by Crippen LogP contribution is 2.17. The fourth-order valence-electron chi connectivity index (χ4n) is 2.19. The van der Waals surface area contributed by atoms with Gasteiger partial charge >= 0.3 is 0 Å². The van der Waals surface area contributed by atoms with Gasteiger partial charge in [0.2, 0.25) is 0 Å². The van der Waals surface area contributed by atoms with E-state index in [0.29, 0.717) is 31.7 Å². The quantitative estimate of drug-likeness (QED) is 0.800. The van der Waals surface area contributed by atoms with E-state index in [1.807, 2.05) is 13.8 Å². The Morgan fingerprint density at radius 3 is 2.71 bits per heavy atom. The molecule has 0 saturated heterocycles. The molecule has 0 radical (unpaired) electrons. The summed E-state index contributed by atoms with van der Waals surface area (Å²) < 4.78 is 0. The molecule has 5 nitrogen and oxygen atoms in total. The smallest absolute Gasteiger partial charge is 0.261 e. The molecule has 0 atom stereocenters. The van der Waals surface area contributed by atoms with Crippen LogP contribution in [0, 0.1) is 0 Å². The summed E-state index contributed by atoms with van der Waals surface area (Å²) in [6.07, 6.45) is 1.69. The largest absolute Gasteiger partial charge is 0.339 e. The van der Waals surface area contributed by atoms with Gasteiger partial charge in [0, 0.05) is 32.4 Å². The Labute approximate surface area is 99.8 Å². The zero-order valence-electron chi connectivity index (χ0n) is 10.2. The Bertz CT molecular complexity index is 489. The van der Waals surface area contributed by atoms with Crippen LogP contribution in [-0.2, 0) is 13.1 Å². The van der Waals surface area contributed by atoms with E-state index in [2.05, 4.69) is 10.3 Å². The van der Waals surface area contributed by atoms with Crippen LogP contribution in [0.3, 0.4) is 0 Å². The SMILES string of the molecule is CCN(CC)C(=O)c1c2c(c[nH]c1=O)CNC2. The lowest BCUT2D eigenvalue weighted by molar-refractivity contribution is 0.0770. The van der Waals surface area contributed by atoms with Crippen molar-refractivity contribution in [1.82, 2.24) is 15.2 Å². The summed E-state index contributed by atoms with van der Waals surface area (Å²) in [6, 6.07) is 0. The Kier molecular flexibility index (Phi) is 3.28. The van der Waals surface area contributed by atoms with Gasteiger partial charge in [-0.3, -0.25) is 9.59 Å². The molecular formula is C12H17N3O2. The second-order valence-corrected chi connectivity index (χ2v) is 4.08. The molecule has 0 aliphatic carbocycles. The van der Waals surface area contributed by atoms with Crippen molar-refractivity contribution in [2.45, 2.75) is 26.9 Å². The first-order valence-corrected chi connectivity index (χ1v) is 5.92. The number of fused-ring (bicyclic) bond motifs is 1. The number of nitrogens with zero attached hydrogens (tertiary/aromatic N) is 1. The minimum Gasteiger partial charge on any atom is -0.339 e. The van der Waals surface area contributed by atoms with Crippen LogP contribution >= 0.6 is 0 Å². The number of hydrogen-bond donors (Lipinski definition) is 2. The molecule has 0 unspecified atom stereocenters. The van der Waals surface area contributed by atoms with Gasteiger partial charge in [-0.15, -0.1) is 0 Å². The maximum absolute atomic E-state index is 12.3. The number of carbonyl (C=O) groups excluding carboxylic acids is 1. The topological polar surface area (TPSA) is 65.2 Å². The van der Waals surface area contributed by atoms with Crippen molar-refractivity contribution in [3.63, 3.8) is 0 Å². The molecule has 1 amide bonds. The number of nitrogens with one attached hydrogen (secondary N) is 2. The van der Waals surface area contributed by atoms with Crippen molar-refractivity contribution in [3.05, 3.63) is 33.2 Å². The predicted octanol–water partition coefficient (Wildman–Crippen LogP) is 0.460. The summed E-state index contributed by atoms with van der Waals surface area (Å²) in [5.41, 5.74) is 1.88. The van der Waals surface area contributed by atoms with Crippen molar-refractivity contribution in [3.8, 4) is 0 Å². The summed E-state index contributed by atoms with van der Waals surface area (Å²) in [6.45, 7) is 6.37. The molecular weight excluding hydrogens is 218 g/mol. The molecule has 0 spiro atoms. The molecule has 1 aliphatic rings. The third kappa shape index (κ3) is 1.98. The molecule has 2 N–H and O–H groups in total. The number of H-pyrrole nitrogens is 1. The Balaban J connectivity index is 2.48. The van der Waals surface area contributed by atoms with Crippen LogP contribution in [-0.4, -0.2) is 28.9 Å². The van der Waals surface area contributed by atoms with Crippen LogP contribution in [0.2, 0.25) is 0 Å². The van der Waals surface area contributed by atoms with Gasteiger partial charge in [0.1, 0.15) is 5.56 Å². The third-order valence-electron chi connectivity index (χ3n) is 3.18. The van der Waals surface area contributed by atoms with E-state index < -0.39 is 0 Å². The number of rotatable bonds is 3. The number of amides is 1. The fourth-order valence-corrected chi connectivity index (χ4v) is 2.19. The summed E-state index contributed by atoms with van der Waals surface area (Å²) in [5.74, 6) is -0.170. The van der Waals surface area contributed by atoms with E-state index in [0.717, 1.165) is 11.1 Å². The zero-order chi connectivity index (χ0) is 12.4. The van der Waals surface area contributed by atoms with Crippen molar-refractivity contribution in [2.75, 3.05) is 13.1 Å². The number of carbonyl (C=O) groups is 1. The maximum Gasteiger partial charge on any atom is 0.261 e. The average Bonchev–Trinajstić information content (AvgIpc) is 2.78. The second kappa shape index (κ2) is 4.71. The first kappa shape index (κ1) is 11.9. The second-order valence-electron chi connectivity index (χ2n) is 4.08. The molecule has 0 aromatic carbocycles. The average molecular weight is 235 g/mol. The van der Waals surface area contributed by atoms with Crippen molar-refractivity contribution >= 4 is 5.91 Å². The maximum atomic E-state index is 12.3. The first-order valence-electron chi connectivity index (χ1n) is 5.92. The number of pyridine rings is 1. The molecule has 92 valence electrons. The van der Waals surface area contributed by atoms with E-state index in [9.17, 15) is 9.59 Å². The van der Waals surface area contributed by atoms with Crippen molar-refractivity contribution in [2.24, 2.45) is 0 Å². The van der Waals surface area contributed by atoms with Gasteiger partial charge in [-0.05, 0) is 25.0 Å². The summed E-state index contributed by atoms with van der Waals surface area (Å²) >= 11 is 0. The van der Waals surface area contributed by atoms with E-state index >= 15 is 0 Å². The highest BCUT2D eigenvalue weighted by Gasteiger charge is 2.24. The summed E-state index contributed by atoms with van der Waals surface area (Å²) in [7, 11) is 0. The fraction of sp³-hybridized carbons (Fsp3) is 0.500. The van der Waals surface area contributed by atoms with Gasteiger partial charge in [0.15, 0.2) is 0 Å². The van der Waals surface area contributed by atoms with Crippen LogP contribution < -0.4 is 10.9 Å². The predicted molar refractivity (Wildman–Crippen MR) is 64.9 cm³/mol. The monoisotopic (exact) mass is 235 g/mol. The normalized spacial score (nSPS) is 13.5. The number of hydrogen-bond acceptors (Lipinski definition) is 3. The Morgan fingerprint density at radius 2 is 2.06 bits per heavy atom. The molecule has 1 aromatic heterocycles. The summed E-state index contributed by atoms with van der Waals surface area (Å²) in [4.78, 5) is 28.4. The summed E-state index contributed by atoms with van der Waals surface area (Å²) in [5, 5.41) is 3.16. The zero-order valence-corrected chi connectivity index (χ0v) is 10.2. The van der Waals surface area contributed by atoms with Crippen molar-refractivity contribution < 1.29 is 4.79 Å². The van der Waals surface area contributed by atoms with E-state index in [1.54, 1.807) is 11.1 Å². The molecule has 2 heterocycles. The van der Waals surface area contributed by atoms with E-state index in [4.69, 9.17) is 0 Å². The minimum atomic E-state index is -0.288. The van der Waals surface area contributed by atoms with Gasteiger partial charge in [-0.2, -0.15) is 0 Å². The lowest BCUT2D eigenvalue weighted by Crippen LogP contribution is -2.35. The highest BCUT2D eigenvalue weighted by molar-refractivity contribution is 5.95. The van der Waals surface area contributed by atoms with Gasteiger partial charge in [-0.25, -0.2) is 0 Å². The molecule has 0 saturated carbocycles. The Hall–Kier alpha value is -1.62. The van der Waals surface area contributed by atoms with E-state index in [1.165, 1.54) is 0 Å². The standard InChI is InChI=1S/C12H17N3O2/c1-3-15(4-2)12(17)10-9-7-13-5-8(9)6-14-11(10)16/h6,13H,3-5,7H2,1-2H3,(H,14,16). The minimum absolute atomic E-state index is 0.170. The first-order chi connectivity index (χ1) is 8.19. The van der Waals surface area contributed by atoms with Gasteiger partial charge in [0.25, 0.3) is 11.5 Å². The van der Waals surface area contributed by atoms with Crippen LogP contribution in [0.15, 0.2) is 11.0 Å². The van der Waals surface area contributed by atoms with Gasteiger partial charge in [-0.1, -0.05) is 0 Å². The van der Waals surface area contributed by atoms with Gasteiger partial charge in [0.05, 0.1) is 0 Å². The molecule has 17 heavy (non-hydrogen) atoms. The molecule has 1 aliphatic heterocycles. The lowest BCUT2D eigenvalue weighted by atomic mass is 10.1. The Morgan fingerprint density at radius 1 is 1.35 bits per heavy atom. The van der Waals surface area contributed by atoms with Crippen LogP contribution in [0.4, 0.5) is 0 Å².